The summed E-state index contributed by atoms with van der Waals surface area (Å²) in [5, 5.41) is 19.5. The van der Waals surface area contributed by atoms with Crippen LogP contribution in [0, 0.1) is 32.5 Å². The Kier molecular flexibility index (Phi) is 5.46. The lowest BCUT2D eigenvalue weighted by Crippen LogP contribution is -2.28. The molecule has 3 heterocycles. The highest BCUT2D eigenvalue weighted by atomic mass is 19.1. The lowest BCUT2D eigenvalue weighted by atomic mass is 10.1. The maximum Gasteiger partial charge on any atom is 0.418 e. The van der Waals surface area contributed by atoms with Crippen molar-refractivity contribution in [2.45, 2.75) is 40.2 Å². The third-order valence-corrected chi connectivity index (χ3v) is 6.24. The highest BCUT2D eigenvalue weighted by Gasteiger charge is 2.31. The Morgan fingerprint density at radius 3 is 2.49 bits per heavy atom. The Hall–Kier alpha value is -4.28. The summed E-state index contributed by atoms with van der Waals surface area (Å²) in [6.45, 7) is 5.99. The molecule has 0 spiro atoms. The molecule has 0 unspecified atom stereocenters. The number of aromatic nitrogens is 6. The van der Waals surface area contributed by atoms with Gasteiger partial charge in [0.1, 0.15) is 23.8 Å². The highest BCUT2D eigenvalue weighted by molar-refractivity contribution is 5.94. The SMILES string of the molecule is Cc1nn(-c2cc(N(C(=O)O)c3c(C)c(-c4ccc(F)cc4)nn3CC3CC3)ncn2)c(C)c1N. The van der Waals surface area contributed by atoms with Crippen molar-refractivity contribution < 1.29 is 14.3 Å². The summed E-state index contributed by atoms with van der Waals surface area (Å²) in [5.41, 5.74) is 9.90. The Labute approximate surface area is 200 Å². The van der Waals surface area contributed by atoms with E-state index in [1.54, 1.807) is 34.5 Å². The number of hydrogen-bond donors (Lipinski definition) is 2. The van der Waals surface area contributed by atoms with Crippen LogP contribution in [0.15, 0.2) is 36.7 Å². The van der Waals surface area contributed by atoms with Gasteiger partial charge < -0.3 is 10.8 Å². The Morgan fingerprint density at radius 1 is 1.17 bits per heavy atom. The predicted octanol–water partition coefficient (Wildman–Crippen LogP) is 4.40. The third-order valence-electron chi connectivity index (χ3n) is 6.24. The number of carboxylic acid groups (broad SMARTS) is 1. The molecular weight excluding hydrogens is 451 g/mol. The topological polar surface area (TPSA) is 128 Å². The zero-order valence-electron chi connectivity index (χ0n) is 19.6. The van der Waals surface area contributed by atoms with E-state index in [0.717, 1.165) is 17.7 Å². The Bertz CT molecular complexity index is 1420. The first kappa shape index (κ1) is 22.5. The van der Waals surface area contributed by atoms with Crippen molar-refractivity contribution in [1.82, 2.24) is 29.5 Å². The smallest absolute Gasteiger partial charge is 0.418 e. The summed E-state index contributed by atoms with van der Waals surface area (Å²) in [5.74, 6) is 1.02. The minimum Gasteiger partial charge on any atom is -0.464 e. The molecule has 1 aliphatic carbocycles. The van der Waals surface area contributed by atoms with Gasteiger partial charge in [0.05, 0.1) is 22.8 Å². The fraction of sp³-hybridized carbons (Fsp3) is 0.292. The number of halogens is 1. The van der Waals surface area contributed by atoms with Crippen LogP contribution in [0.1, 0.15) is 29.8 Å². The second-order valence-electron chi connectivity index (χ2n) is 8.78. The van der Waals surface area contributed by atoms with Crippen LogP contribution in [0.2, 0.25) is 0 Å². The molecule has 35 heavy (non-hydrogen) atoms. The summed E-state index contributed by atoms with van der Waals surface area (Å²) in [7, 11) is 0. The van der Waals surface area contributed by atoms with Crippen LogP contribution >= 0.6 is 0 Å². The molecule has 0 saturated heterocycles. The van der Waals surface area contributed by atoms with Crippen molar-refractivity contribution in [1.29, 1.82) is 0 Å². The van der Waals surface area contributed by atoms with E-state index >= 15 is 0 Å². The second-order valence-corrected chi connectivity index (χ2v) is 8.78. The summed E-state index contributed by atoms with van der Waals surface area (Å²) in [4.78, 5) is 22.3. The van der Waals surface area contributed by atoms with Crippen LogP contribution in [0.4, 0.5) is 26.5 Å². The number of rotatable bonds is 6. The van der Waals surface area contributed by atoms with Gasteiger partial charge in [-0.25, -0.2) is 33.4 Å². The number of nitrogens with two attached hydrogens (primary N) is 1. The normalized spacial score (nSPS) is 13.3. The third kappa shape index (κ3) is 4.09. The van der Waals surface area contributed by atoms with Crippen LogP contribution < -0.4 is 10.6 Å². The Morgan fingerprint density at radius 2 is 1.89 bits per heavy atom. The number of amides is 1. The van der Waals surface area contributed by atoms with Gasteiger partial charge in [0, 0.05) is 23.7 Å². The van der Waals surface area contributed by atoms with Crippen molar-refractivity contribution in [3.63, 3.8) is 0 Å². The Balaban J connectivity index is 1.64. The molecule has 0 atom stereocenters. The fourth-order valence-electron chi connectivity index (χ4n) is 4.13. The van der Waals surface area contributed by atoms with Crippen LogP contribution in [0.3, 0.4) is 0 Å². The van der Waals surface area contributed by atoms with E-state index in [1.165, 1.54) is 18.5 Å². The number of benzene rings is 1. The van der Waals surface area contributed by atoms with Crippen molar-refractivity contribution in [2.75, 3.05) is 10.6 Å². The van der Waals surface area contributed by atoms with Crippen LogP contribution in [-0.2, 0) is 6.54 Å². The average Bonchev–Trinajstić information content (AvgIpc) is 3.55. The number of anilines is 3. The molecule has 0 radical (unpaired) electrons. The van der Waals surface area contributed by atoms with Crippen molar-refractivity contribution in [3.8, 4) is 17.1 Å². The molecule has 3 N–H and O–H groups in total. The fourth-order valence-corrected chi connectivity index (χ4v) is 4.13. The molecule has 5 rings (SSSR count). The lowest BCUT2D eigenvalue weighted by molar-refractivity contribution is 0.204. The number of carbonyl (C=O) groups is 1. The molecule has 0 bridgehead atoms. The summed E-state index contributed by atoms with van der Waals surface area (Å²) in [6, 6.07) is 7.55. The maximum absolute atomic E-state index is 13.5. The van der Waals surface area contributed by atoms with Crippen molar-refractivity contribution in [2.24, 2.45) is 5.92 Å². The van der Waals surface area contributed by atoms with E-state index in [2.05, 4.69) is 15.1 Å². The van der Waals surface area contributed by atoms with Crippen molar-refractivity contribution in [3.05, 3.63) is 59.4 Å². The van der Waals surface area contributed by atoms with Gasteiger partial charge in [-0.2, -0.15) is 10.2 Å². The first-order valence-corrected chi connectivity index (χ1v) is 11.2. The zero-order chi connectivity index (χ0) is 24.9. The van der Waals surface area contributed by atoms with Crippen LogP contribution in [0.5, 0.6) is 0 Å². The molecule has 11 heteroatoms. The van der Waals surface area contributed by atoms with Gasteiger partial charge in [-0.15, -0.1) is 0 Å². The minimum absolute atomic E-state index is 0.152. The van der Waals surface area contributed by atoms with Gasteiger partial charge in [-0.05, 0) is 63.8 Å². The molecular formula is C24H25FN8O2. The number of hydrogen-bond acceptors (Lipinski definition) is 6. The van der Waals surface area contributed by atoms with E-state index in [1.807, 2.05) is 13.8 Å². The van der Waals surface area contributed by atoms with E-state index in [0.29, 0.717) is 58.0 Å². The first-order valence-electron chi connectivity index (χ1n) is 11.2. The zero-order valence-corrected chi connectivity index (χ0v) is 19.6. The monoisotopic (exact) mass is 476 g/mol. The minimum atomic E-state index is -1.21. The molecule has 180 valence electrons. The van der Waals surface area contributed by atoms with Gasteiger partial charge in [0.15, 0.2) is 5.82 Å². The molecule has 0 aliphatic heterocycles. The second kappa shape index (κ2) is 8.49. The highest BCUT2D eigenvalue weighted by Crippen LogP contribution is 2.38. The van der Waals surface area contributed by atoms with E-state index in [4.69, 9.17) is 10.8 Å². The van der Waals surface area contributed by atoms with Gasteiger partial charge >= 0.3 is 6.09 Å². The molecule has 1 aromatic carbocycles. The number of aryl methyl sites for hydroxylation is 1. The molecule has 1 amide bonds. The summed E-state index contributed by atoms with van der Waals surface area (Å²) in [6.07, 6.45) is 2.21. The van der Waals surface area contributed by atoms with Gasteiger partial charge in [-0.3, -0.25) is 0 Å². The molecule has 1 fully saturated rings. The van der Waals surface area contributed by atoms with E-state index < -0.39 is 6.09 Å². The quantitative estimate of drug-likeness (QED) is 0.422. The van der Waals surface area contributed by atoms with E-state index in [9.17, 15) is 14.3 Å². The molecule has 10 nitrogen and oxygen atoms in total. The standard InChI is InChI=1S/C24H25FN8O2/c1-13-22(17-6-8-18(25)9-7-17)30-31(11-16-4-5-16)23(13)32(24(34)35)19-10-20(28-12-27-19)33-15(3)21(26)14(2)29-33/h6-10,12,16H,4-5,11,26H2,1-3H3,(H,34,35). The van der Waals surface area contributed by atoms with Crippen LogP contribution in [-0.4, -0.2) is 40.7 Å². The van der Waals surface area contributed by atoms with Gasteiger partial charge in [-0.1, -0.05) is 0 Å². The molecule has 1 aliphatic rings. The number of nitrogen functional groups attached to an aromatic ring is 1. The maximum atomic E-state index is 13.5. The van der Waals surface area contributed by atoms with Crippen LogP contribution in [0.25, 0.3) is 17.1 Å². The molecule has 3 aromatic heterocycles. The molecule has 4 aromatic rings. The average molecular weight is 477 g/mol. The predicted molar refractivity (Wildman–Crippen MR) is 128 cm³/mol. The van der Waals surface area contributed by atoms with Gasteiger partial charge in [0.25, 0.3) is 0 Å². The largest absolute Gasteiger partial charge is 0.464 e. The lowest BCUT2D eigenvalue weighted by Gasteiger charge is -2.21. The van der Waals surface area contributed by atoms with Crippen molar-refractivity contribution >= 4 is 23.4 Å². The first-order chi connectivity index (χ1) is 16.7. The van der Waals surface area contributed by atoms with Gasteiger partial charge in [0.2, 0.25) is 0 Å². The molecule has 1 saturated carbocycles. The summed E-state index contributed by atoms with van der Waals surface area (Å²) >= 11 is 0. The van der Waals surface area contributed by atoms with E-state index in [-0.39, 0.29) is 11.6 Å². The number of nitrogens with zero attached hydrogens (tertiary/aromatic N) is 7. The summed E-state index contributed by atoms with van der Waals surface area (Å²) < 4.78 is 16.8.